The molecular weight excluding hydrogens is 408 g/mol. The van der Waals surface area contributed by atoms with Crippen LogP contribution in [-0.4, -0.2) is 40.4 Å². The summed E-state index contributed by atoms with van der Waals surface area (Å²) in [6.07, 6.45) is 5.10. The number of halogens is 1. The molecule has 2 aliphatic rings. The SMILES string of the molecule is COc1ccc(-c2cc3c(n2-c2ccccc2Cl)CCN(C2CCCC[C@@H]2O)C3)cc1. The molecule has 1 fully saturated rings. The first-order chi connectivity index (χ1) is 15.2. The van der Waals surface area contributed by atoms with Crippen molar-refractivity contribution in [2.24, 2.45) is 0 Å². The number of aromatic nitrogens is 1. The van der Waals surface area contributed by atoms with Crippen LogP contribution < -0.4 is 4.74 Å². The monoisotopic (exact) mass is 436 g/mol. The first-order valence-electron chi connectivity index (χ1n) is 11.2. The van der Waals surface area contributed by atoms with Crippen LogP contribution in [0, 0.1) is 0 Å². The van der Waals surface area contributed by atoms with Gasteiger partial charge in [-0.15, -0.1) is 0 Å². The third-order valence-electron chi connectivity index (χ3n) is 6.84. The summed E-state index contributed by atoms with van der Waals surface area (Å²) in [5.74, 6) is 0.849. The van der Waals surface area contributed by atoms with Crippen molar-refractivity contribution in [2.75, 3.05) is 13.7 Å². The van der Waals surface area contributed by atoms with E-state index in [1.54, 1.807) is 7.11 Å². The maximum atomic E-state index is 10.6. The Balaban J connectivity index is 1.58. The van der Waals surface area contributed by atoms with Crippen LogP contribution in [0.4, 0.5) is 0 Å². The van der Waals surface area contributed by atoms with Crippen molar-refractivity contribution in [1.29, 1.82) is 0 Å². The Kier molecular flexibility index (Phi) is 5.79. The van der Waals surface area contributed by atoms with Crippen LogP contribution in [0.3, 0.4) is 0 Å². The summed E-state index contributed by atoms with van der Waals surface area (Å²) in [6, 6.07) is 18.9. The van der Waals surface area contributed by atoms with E-state index in [4.69, 9.17) is 16.3 Å². The molecular formula is C26H29ClN2O2. The molecule has 2 aromatic carbocycles. The zero-order valence-electron chi connectivity index (χ0n) is 17.9. The Morgan fingerprint density at radius 1 is 1.03 bits per heavy atom. The van der Waals surface area contributed by atoms with Crippen LogP contribution in [0.25, 0.3) is 16.9 Å². The van der Waals surface area contributed by atoms with Crippen molar-refractivity contribution >= 4 is 11.6 Å². The molecule has 162 valence electrons. The third-order valence-corrected chi connectivity index (χ3v) is 7.16. The summed E-state index contributed by atoms with van der Waals surface area (Å²) in [5, 5.41) is 11.3. The van der Waals surface area contributed by atoms with Crippen molar-refractivity contribution in [3.8, 4) is 22.7 Å². The van der Waals surface area contributed by atoms with Gasteiger partial charge in [0.05, 0.1) is 29.6 Å². The molecule has 2 heterocycles. The lowest BCUT2D eigenvalue weighted by atomic mass is 9.90. The Labute approximate surface area is 189 Å². The fraction of sp³-hybridized carbons (Fsp3) is 0.385. The van der Waals surface area contributed by atoms with E-state index in [-0.39, 0.29) is 12.1 Å². The van der Waals surface area contributed by atoms with Crippen LogP contribution >= 0.6 is 11.6 Å². The Hall–Kier alpha value is -2.27. The quantitative estimate of drug-likeness (QED) is 0.589. The maximum absolute atomic E-state index is 10.6. The third kappa shape index (κ3) is 3.89. The number of benzene rings is 2. The van der Waals surface area contributed by atoms with E-state index in [1.165, 1.54) is 17.7 Å². The summed E-state index contributed by atoms with van der Waals surface area (Å²) in [4.78, 5) is 2.49. The van der Waals surface area contributed by atoms with Crippen molar-refractivity contribution in [3.63, 3.8) is 0 Å². The molecule has 0 spiro atoms. The zero-order valence-corrected chi connectivity index (χ0v) is 18.7. The minimum absolute atomic E-state index is 0.206. The van der Waals surface area contributed by atoms with E-state index in [1.807, 2.05) is 30.3 Å². The molecule has 0 radical (unpaired) electrons. The van der Waals surface area contributed by atoms with Gasteiger partial charge in [-0.1, -0.05) is 36.6 Å². The molecule has 31 heavy (non-hydrogen) atoms. The first kappa shape index (κ1) is 20.6. The molecule has 1 unspecified atom stereocenters. The van der Waals surface area contributed by atoms with Gasteiger partial charge in [-0.25, -0.2) is 0 Å². The lowest BCUT2D eigenvalue weighted by molar-refractivity contribution is 0.0130. The minimum Gasteiger partial charge on any atom is -0.497 e. The highest BCUT2D eigenvalue weighted by atomic mass is 35.5. The molecule has 1 aromatic heterocycles. The molecule has 1 aliphatic heterocycles. The van der Waals surface area contributed by atoms with E-state index >= 15 is 0 Å². The summed E-state index contributed by atoms with van der Waals surface area (Å²) < 4.78 is 7.68. The Morgan fingerprint density at radius 3 is 2.55 bits per heavy atom. The van der Waals surface area contributed by atoms with Crippen LogP contribution in [0.15, 0.2) is 54.6 Å². The van der Waals surface area contributed by atoms with Crippen LogP contribution in [0.1, 0.15) is 36.9 Å². The van der Waals surface area contributed by atoms with Gasteiger partial charge < -0.3 is 14.4 Å². The average molecular weight is 437 g/mol. The molecule has 0 bridgehead atoms. The number of fused-ring (bicyclic) bond motifs is 1. The second-order valence-electron chi connectivity index (χ2n) is 8.66. The number of rotatable bonds is 4. The van der Waals surface area contributed by atoms with Crippen LogP contribution in [-0.2, 0) is 13.0 Å². The van der Waals surface area contributed by atoms with E-state index in [2.05, 4.69) is 33.7 Å². The normalized spacial score (nSPS) is 21.6. The summed E-state index contributed by atoms with van der Waals surface area (Å²) in [5.41, 5.74) is 5.95. The van der Waals surface area contributed by atoms with Gasteiger partial charge in [-0.3, -0.25) is 4.90 Å². The van der Waals surface area contributed by atoms with E-state index in [0.29, 0.717) is 0 Å². The topological polar surface area (TPSA) is 37.6 Å². The number of hydrogen-bond donors (Lipinski definition) is 1. The predicted molar refractivity (Wildman–Crippen MR) is 125 cm³/mol. The number of ether oxygens (including phenoxy) is 1. The number of aliphatic hydroxyl groups is 1. The lowest BCUT2D eigenvalue weighted by Gasteiger charge is -2.39. The number of para-hydroxylation sites is 1. The van der Waals surface area contributed by atoms with Crippen molar-refractivity contribution in [2.45, 2.75) is 50.8 Å². The highest BCUT2D eigenvalue weighted by Gasteiger charge is 2.33. The Morgan fingerprint density at radius 2 is 1.81 bits per heavy atom. The molecule has 3 aromatic rings. The zero-order chi connectivity index (χ0) is 21.4. The highest BCUT2D eigenvalue weighted by Crippen LogP contribution is 2.37. The van der Waals surface area contributed by atoms with Crippen LogP contribution in [0.5, 0.6) is 5.75 Å². The fourth-order valence-electron chi connectivity index (χ4n) is 5.24. The highest BCUT2D eigenvalue weighted by molar-refractivity contribution is 6.32. The number of nitrogens with zero attached hydrogens (tertiary/aromatic N) is 2. The molecule has 5 rings (SSSR count). The average Bonchev–Trinajstić information content (AvgIpc) is 3.18. The largest absolute Gasteiger partial charge is 0.497 e. The van der Waals surface area contributed by atoms with Crippen LogP contribution in [0.2, 0.25) is 5.02 Å². The van der Waals surface area contributed by atoms with E-state index in [0.717, 1.165) is 66.5 Å². The van der Waals surface area contributed by atoms with Gasteiger partial charge >= 0.3 is 0 Å². The van der Waals surface area contributed by atoms with E-state index in [9.17, 15) is 5.11 Å². The molecule has 0 amide bonds. The summed E-state index contributed by atoms with van der Waals surface area (Å²) in [6.45, 7) is 1.84. The van der Waals surface area contributed by atoms with Gasteiger partial charge in [0.15, 0.2) is 0 Å². The smallest absolute Gasteiger partial charge is 0.118 e. The standard InChI is InChI=1S/C26H29ClN2O2/c1-31-20-12-10-18(11-13-20)25-16-19-17-28(24-8-4-5-9-26(24)30)15-14-22(19)29(25)23-7-3-2-6-21(23)27/h2-3,6-7,10-13,16,24,26,30H,4-5,8-9,14-15,17H2,1H3/t24?,26-/m0/s1. The molecule has 0 saturated heterocycles. The molecule has 4 nitrogen and oxygen atoms in total. The maximum Gasteiger partial charge on any atom is 0.118 e. The number of methoxy groups -OCH3 is 1. The van der Waals surface area contributed by atoms with Crippen molar-refractivity contribution in [3.05, 3.63) is 70.9 Å². The molecule has 5 heteroatoms. The lowest BCUT2D eigenvalue weighted by Crippen LogP contribution is -2.47. The van der Waals surface area contributed by atoms with Gasteiger partial charge in [0.2, 0.25) is 0 Å². The Bertz CT molecular complexity index is 1060. The summed E-state index contributed by atoms with van der Waals surface area (Å²) >= 11 is 6.65. The fourth-order valence-corrected chi connectivity index (χ4v) is 5.46. The second-order valence-corrected chi connectivity index (χ2v) is 9.06. The van der Waals surface area contributed by atoms with Gasteiger partial charge in [-0.2, -0.15) is 0 Å². The number of aliphatic hydroxyl groups excluding tert-OH is 1. The van der Waals surface area contributed by atoms with E-state index < -0.39 is 0 Å². The molecule has 1 N–H and O–H groups in total. The number of hydrogen-bond acceptors (Lipinski definition) is 3. The molecule has 1 saturated carbocycles. The predicted octanol–water partition coefficient (Wildman–Crippen LogP) is 5.47. The first-order valence-corrected chi connectivity index (χ1v) is 11.6. The van der Waals surface area contributed by atoms with Gasteiger partial charge in [0.1, 0.15) is 5.75 Å². The second kappa shape index (κ2) is 8.70. The molecule has 1 aliphatic carbocycles. The minimum atomic E-state index is -0.206. The van der Waals surface area contributed by atoms with Crippen molar-refractivity contribution in [1.82, 2.24) is 9.47 Å². The van der Waals surface area contributed by atoms with Gasteiger partial charge in [0, 0.05) is 31.2 Å². The van der Waals surface area contributed by atoms with Crippen molar-refractivity contribution < 1.29 is 9.84 Å². The summed E-state index contributed by atoms with van der Waals surface area (Å²) in [7, 11) is 1.69. The van der Waals surface area contributed by atoms with Gasteiger partial charge in [-0.05, 0) is 66.4 Å². The van der Waals surface area contributed by atoms with Gasteiger partial charge in [0.25, 0.3) is 0 Å². The molecule has 2 atom stereocenters.